The van der Waals surface area contributed by atoms with Gasteiger partial charge in [0.2, 0.25) is 0 Å². The third-order valence-corrected chi connectivity index (χ3v) is 7.45. The highest BCUT2D eigenvalue weighted by Gasteiger charge is 2.53. The maximum Gasteiger partial charge on any atom is 0.459 e. The van der Waals surface area contributed by atoms with Gasteiger partial charge in [-0.05, 0) is 26.0 Å². The van der Waals surface area contributed by atoms with E-state index < -0.39 is 66.9 Å². The summed E-state index contributed by atoms with van der Waals surface area (Å²) in [6.07, 6.45) is -3.79. The van der Waals surface area contributed by atoms with Crippen molar-refractivity contribution in [2.24, 2.45) is 0 Å². The summed E-state index contributed by atoms with van der Waals surface area (Å²) in [5.41, 5.74) is -1.53. The minimum absolute atomic E-state index is 0.156. The second-order valence-electron chi connectivity index (χ2n) is 8.57. The predicted octanol–water partition coefficient (Wildman–Crippen LogP) is 0.658. The van der Waals surface area contributed by atoms with E-state index in [2.05, 4.69) is 5.09 Å². The largest absolute Gasteiger partial charge is 0.459 e. The van der Waals surface area contributed by atoms with Gasteiger partial charge >= 0.3 is 19.4 Å². The van der Waals surface area contributed by atoms with Crippen LogP contribution in [0.2, 0.25) is 0 Å². The Hall–Kier alpha value is -2.45. The molecule has 206 valence electrons. The molecule has 16 heteroatoms. The zero-order valence-corrected chi connectivity index (χ0v) is 22.5. The number of aliphatic hydroxyl groups is 1. The molecule has 2 aromatic rings. The number of nitrogens with one attached hydrogen (secondary N) is 2. The molecule has 1 saturated heterocycles. The summed E-state index contributed by atoms with van der Waals surface area (Å²) in [6.45, 7) is 2.59. The van der Waals surface area contributed by atoms with E-state index in [0.717, 1.165) is 16.8 Å². The molecule has 38 heavy (non-hydrogen) atoms. The Labute approximate surface area is 224 Å². The van der Waals surface area contributed by atoms with Gasteiger partial charge in [-0.1, -0.05) is 18.2 Å². The van der Waals surface area contributed by atoms with Crippen molar-refractivity contribution in [3.8, 4) is 5.75 Å². The van der Waals surface area contributed by atoms with Crippen LogP contribution in [0.15, 0.2) is 52.2 Å². The lowest BCUT2D eigenvalue weighted by Crippen LogP contribution is -2.45. The second kappa shape index (κ2) is 12.6. The molecule has 0 spiro atoms. The van der Waals surface area contributed by atoms with Gasteiger partial charge in [0.1, 0.15) is 31.8 Å². The third-order valence-electron chi connectivity index (χ3n) is 5.39. The van der Waals surface area contributed by atoms with Crippen molar-refractivity contribution < 1.29 is 37.7 Å². The molecule has 13 nitrogen and oxygen atoms in total. The van der Waals surface area contributed by atoms with Gasteiger partial charge in [0.25, 0.3) is 5.56 Å². The summed E-state index contributed by atoms with van der Waals surface area (Å²) in [4.78, 5) is 38.2. The zero-order valence-electron chi connectivity index (χ0n) is 20.8. The van der Waals surface area contributed by atoms with Crippen molar-refractivity contribution in [2.75, 3.05) is 20.3 Å². The summed E-state index contributed by atoms with van der Waals surface area (Å²) in [5, 5.41) is 13.2. The number of para-hydroxylation sites is 1. The van der Waals surface area contributed by atoms with E-state index in [-0.39, 0.29) is 12.4 Å². The van der Waals surface area contributed by atoms with Crippen LogP contribution in [0.4, 0.5) is 0 Å². The van der Waals surface area contributed by atoms with Gasteiger partial charge in [-0.15, -0.1) is 11.6 Å². The topological polar surface area (TPSA) is 167 Å². The predicted molar refractivity (Wildman–Crippen MR) is 136 cm³/mol. The molecule has 3 N–H and O–H groups in total. The van der Waals surface area contributed by atoms with Crippen molar-refractivity contribution in [2.45, 2.75) is 49.2 Å². The van der Waals surface area contributed by atoms with E-state index in [0.29, 0.717) is 0 Å². The fourth-order valence-corrected chi connectivity index (χ4v) is 5.34. The number of hydrogen-bond acceptors (Lipinski definition) is 10. The Balaban J connectivity index is 1.78. The number of esters is 1. The molecule has 1 fully saturated rings. The van der Waals surface area contributed by atoms with Crippen LogP contribution in [0.5, 0.6) is 5.75 Å². The monoisotopic (exact) mass is 571 g/mol. The maximum absolute atomic E-state index is 13.7. The average molecular weight is 572 g/mol. The SMILES string of the molecule is [B][C@]1(Cl)[C@H](O)[C@@H](COP(=O)(N[C@@H](C)C(=O)OC(C)COC)Oc2ccccc2)O[C@H]1n1ccc(=O)[nH]c1=O. The molecule has 2 unspecified atom stereocenters. The van der Waals surface area contributed by atoms with Gasteiger partial charge in [0.15, 0.2) is 6.23 Å². The fraction of sp³-hybridized carbons (Fsp3) is 0.500. The minimum atomic E-state index is -4.31. The van der Waals surface area contributed by atoms with Gasteiger partial charge in [-0.25, -0.2) is 9.36 Å². The molecular weight excluding hydrogens is 543 g/mol. The number of H-pyrrole nitrogens is 1. The fourth-order valence-electron chi connectivity index (χ4n) is 3.54. The molecule has 1 aromatic heterocycles. The van der Waals surface area contributed by atoms with Crippen LogP contribution in [0.1, 0.15) is 20.1 Å². The second-order valence-corrected chi connectivity index (χ2v) is 10.9. The lowest BCUT2D eigenvalue weighted by atomic mass is 9.79. The molecule has 3 rings (SSSR count). The lowest BCUT2D eigenvalue weighted by molar-refractivity contribution is -0.152. The van der Waals surface area contributed by atoms with Crippen molar-refractivity contribution in [3.63, 3.8) is 0 Å². The third kappa shape index (κ3) is 7.35. The molecule has 0 aliphatic carbocycles. The van der Waals surface area contributed by atoms with E-state index >= 15 is 0 Å². The highest BCUT2D eigenvalue weighted by atomic mass is 35.5. The molecule has 0 saturated carbocycles. The molecule has 2 radical (unpaired) electrons. The van der Waals surface area contributed by atoms with Crippen LogP contribution in [-0.4, -0.2) is 77.9 Å². The highest BCUT2D eigenvalue weighted by molar-refractivity contribution is 7.52. The molecule has 0 amide bonds. The minimum Gasteiger partial charge on any atom is -0.459 e. The van der Waals surface area contributed by atoms with E-state index in [1.54, 1.807) is 25.1 Å². The van der Waals surface area contributed by atoms with Crippen molar-refractivity contribution in [3.05, 3.63) is 63.4 Å². The number of alkyl halides is 1. The van der Waals surface area contributed by atoms with E-state index in [4.69, 9.17) is 42.7 Å². The normalized spacial score (nSPS) is 26.3. The maximum atomic E-state index is 13.7. The number of nitrogens with zero attached hydrogens (tertiary/aromatic N) is 1. The average Bonchev–Trinajstić information content (AvgIpc) is 3.07. The summed E-state index contributed by atoms with van der Waals surface area (Å²) in [5.74, 6) is -0.584. The van der Waals surface area contributed by atoms with Crippen LogP contribution in [-0.2, 0) is 28.1 Å². The standard InChI is InChI=1S/C22H28BClN3O10P/c1-13(11-33-3)35-19(30)14(2)26-38(32,37-15-7-5-4-6-8-15)34-12-16-18(29)22(23,24)20(36-16)27-10-9-17(28)25-21(27)31/h4-10,13-14,16,18,20,29H,11-12H2,1-3H3,(H,26,32)(H,25,28,31)/t13?,14-,16+,18+,20+,22-,38?/m0/s1. The number of rotatable bonds is 12. The Morgan fingerprint density at radius 1 is 1.32 bits per heavy atom. The number of hydrogen-bond donors (Lipinski definition) is 3. The summed E-state index contributed by atoms with van der Waals surface area (Å²) >= 11 is 6.31. The Kier molecular flexibility index (Phi) is 9.99. The molecule has 7 atom stereocenters. The van der Waals surface area contributed by atoms with Crippen LogP contribution in [0.3, 0.4) is 0 Å². The number of aliphatic hydroxyl groups excluding tert-OH is 1. The van der Waals surface area contributed by atoms with Crippen molar-refractivity contribution in [1.82, 2.24) is 14.6 Å². The lowest BCUT2D eigenvalue weighted by Gasteiger charge is -2.27. The first-order valence-electron chi connectivity index (χ1n) is 11.5. The Bertz CT molecular complexity index is 1260. The number of ether oxygens (including phenoxy) is 3. The first-order chi connectivity index (χ1) is 17.9. The zero-order chi connectivity index (χ0) is 28.1. The first-order valence-corrected chi connectivity index (χ1v) is 13.4. The molecule has 1 aliphatic heterocycles. The number of halogens is 1. The van der Waals surface area contributed by atoms with Crippen LogP contribution in [0, 0.1) is 0 Å². The van der Waals surface area contributed by atoms with E-state index in [1.165, 1.54) is 26.2 Å². The number of methoxy groups -OCH3 is 1. The first kappa shape index (κ1) is 30.1. The number of carbonyl (C=O) groups excluding carboxylic acids is 1. The van der Waals surface area contributed by atoms with Crippen LogP contribution < -0.4 is 20.9 Å². The quantitative estimate of drug-likeness (QED) is 0.142. The van der Waals surface area contributed by atoms with Crippen LogP contribution >= 0.6 is 19.3 Å². The summed E-state index contributed by atoms with van der Waals surface area (Å²) in [7, 11) is 3.19. The van der Waals surface area contributed by atoms with Gasteiger partial charge in [-0.2, -0.15) is 5.09 Å². The van der Waals surface area contributed by atoms with Gasteiger partial charge in [0, 0.05) is 19.4 Å². The van der Waals surface area contributed by atoms with Crippen molar-refractivity contribution in [1.29, 1.82) is 0 Å². The van der Waals surface area contributed by atoms with E-state index in [9.17, 15) is 24.1 Å². The van der Waals surface area contributed by atoms with Gasteiger partial charge in [0.05, 0.1) is 24.1 Å². The number of carbonyl (C=O) groups is 1. The molecule has 0 bridgehead atoms. The number of aromatic nitrogens is 2. The number of benzene rings is 1. The molecule has 1 aromatic carbocycles. The highest BCUT2D eigenvalue weighted by Crippen LogP contribution is 2.47. The van der Waals surface area contributed by atoms with Crippen LogP contribution in [0.25, 0.3) is 0 Å². The van der Waals surface area contributed by atoms with Crippen molar-refractivity contribution >= 4 is 33.2 Å². The molecular formula is C22H28BClN3O10P. The Morgan fingerprint density at radius 3 is 2.63 bits per heavy atom. The number of aromatic amines is 1. The molecule has 1 aliphatic rings. The Morgan fingerprint density at radius 2 is 2.00 bits per heavy atom. The summed E-state index contributed by atoms with van der Waals surface area (Å²) in [6, 6.07) is 7.93. The smallest absolute Gasteiger partial charge is 0.459 e. The summed E-state index contributed by atoms with van der Waals surface area (Å²) < 4.78 is 39.5. The van der Waals surface area contributed by atoms with E-state index in [1.807, 2.05) is 4.98 Å². The van der Waals surface area contributed by atoms with Gasteiger partial charge in [-0.3, -0.25) is 23.7 Å². The van der Waals surface area contributed by atoms with Gasteiger partial charge < -0.3 is 23.8 Å². The molecule has 2 heterocycles.